The Bertz CT molecular complexity index is 269. The van der Waals surface area contributed by atoms with E-state index in [1.807, 2.05) is 0 Å². The SMILES string of the molecule is CC(N)COc1cc(F)cc(F)c1. The molecular weight excluding hydrogens is 176 g/mol. The minimum atomic E-state index is -0.653. The van der Waals surface area contributed by atoms with E-state index in [0.29, 0.717) is 0 Å². The molecule has 0 heterocycles. The maximum absolute atomic E-state index is 12.6. The lowest BCUT2D eigenvalue weighted by atomic mass is 10.3. The number of ether oxygens (including phenoxy) is 1. The second-order valence-corrected chi connectivity index (χ2v) is 2.89. The highest BCUT2D eigenvalue weighted by Crippen LogP contribution is 2.15. The van der Waals surface area contributed by atoms with Crippen molar-refractivity contribution >= 4 is 0 Å². The van der Waals surface area contributed by atoms with Gasteiger partial charge in [0.1, 0.15) is 24.0 Å². The van der Waals surface area contributed by atoms with Crippen LogP contribution in [0.4, 0.5) is 8.78 Å². The van der Waals surface area contributed by atoms with Crippen molar-refractivity contribution in [3.8, 4) is 5.75 Å². The van der Waals surface area contributed by atoms with Gasteiger partial charge < -0.3 is 10.5 Å². The molecule has 1 atom stereocenters. The minimum Gasteiger partial charge on any atom is -0.492 e. The molecule has 2 N–H and O–H groups in total. The van der Waals surface area contributed by atoms with Crippen molar-refractivity contribution < 1.29 is 13.5 Å². The molecule has 0 amide bonds. The Kier molecular flexibility index (Phi) is 3.19. The minimum absolute atomic E-state index is 0.161. The van der Waals surface area contributed by atoms with Crippen LogP contribution in [0.3, 0.4) is 0 Å². The molecule has 0 fully saturated rings. The Hall–Kier alpha value is -1.16. The largest absolute Gasteiger partial charge is 0.492 e. The smallest absolute Gasteiger partial charge is 0.129 e. The molecule has 0 aliphatic rings. The normalized spacial score (nSPS) is 12.6. The quantitative estimate of drug-likeness (QED) is 0.781. The molecule has 2 nitrogen and oxygen atoms in total. The second-order valence-electron chi connectivity index (χ2n) is 2.89. The van der Waals surface area contributed by atoms with E-state index in [1.54, 1.807) is 6.92 Å². The van der Waals surface area contributed by atoms with Gasteiger partial charge in [-0.15, -0.1) is 0 Å². The highest BCUT2D eigenvalue weighted by atomic mass is 19.1. The van der Waals surface area contributed by atoms with Gasteiger partial charge >= 0.3 is 0 Å². The molecule has 13 heavy (non-hydrogen) atoms. The molecule has 0 aliphatic carbocycles. The van der Waals surface area contributed by atoms with Crippen LogP contribution in [0.15, 0.2) is 18.2 Å². The summed E-state index contributed by atoms with van der Waals surface area (Å²) < 4.78 is 30.2. The van der Waals surface area contributed by atoms with Crippen molar-refractivity contribution in [3.05, 3.63) is 29.8 Å². The summed E-state index contributed by atoms with van der Waals surface area (Å²) in [7, 11) is 0. The first-order valence-corrected chi connectivity index (χ1v) is 3.92. The summed E-state index contributed by atoms with van der Waals surface area (Å²) in [6.07, 6.45) is 0. The van der Waals surface area contributed by atoms with E-state index >= 15 is 0 Å². The fourth-order valence-corrected chi connectivity index (χ4v) is 0.840. The van der Waals surface area contributed by atoms with Crippen LogP contribution in [0.1, 0.15) is 6.92 Å². The fraction of sp³-hybridized carbons (Fsp3) is 0.333. The monoisotopic (exact) mass is 187 g/mol. The maximum atomic E-state index is 12.6. The zero-order valence-corrected chi connectivity index (χ0v) is 7.26. The molecule has 0 aromatic heterocycles. The van der Waals surface area contributed by atoms with Crippen molar-refractivity contribution in [1.29, 1.82) is 0 Å². The average Bonchev–Trinajstić information content (AvgIpc) is 1.99. The lowest BCUT2D eigenvalue weighted by molar-refractivity contribution is 0.293. The molecular formula is C9H11F2NO. The van der Waals surface area contributed by atoms with Crippen LogP contribution in [-0.2, 0) is 0 Å². The van der Waals surface area contributed by atoms with Crippen LogP contribution in [0, 0.1) is 11.6 Å². The molecule has 4 heteroatoms. The summed E-state index contributed by atoms with van der Waals surface area (Å²) in [5, 5.41) is 0. The molecule has 0 bridgehead atoms. The highest BCUT2D eigenvalue weighted by molar-refractivity contribution is 5.23. The molecule has 0 aliphatic heterocycles. The molecule has 1 rings (SSSR count). The second kappa shape index (κ2) is 4.18. The van der Waals surface area contributed by atoms with Crippen LogP contribution < -0.4 is 10.5 Å². The van der Waals surface area contributed by atoms with Gasteiger partial charge in [0.15, 0.2) is 0 Å². The lowest BCUT2D eigenvalue weighted by Gasteiger charge is -2.08. The van der Waals surface area contributed by atoms with Gasteiger partial charge in [-0.2, -0.15) is 0 Å². The third-order valence-corrected chi connectivity index (χ3v) is 1.35. The number of benzene rings is 1. The van der Waals surface area contributed by atoms with Crippen molar-refractivity contribution in [1.82, 2.24) is 0 Å². The Morgan fingerprint density at radius 1 is 1.31 bits per heavy atom. The molecule has 0 saturated heterocycles. The van der Waals surface area contributed by atoms with E-state index < -0.39 is 11.6 Å². The molecule has 0 radical (unpaired) electrons. The van der Waals surface area contributed by atoms with Gasteiger partial charge in [0.25, 0.3) is 0 Å². The van der Waals surface area contributed by atoms with Crippen LogP contribution in [-0.4, -0.2) is 12.6 Å². The summed E-state index contributed by atoms with van der Waals surface area (Å²) >= 11 is 0. The Labute approximate surface area is 75.3 Å². The maximum Gasteiger partial charge on any atom is 0.129 e. The zero-order chi connectivity index (χ0) is 9.84. The van der Waals surface area contributed by atoms with Gasteiger partial charge in [-0.05, 0) is 6.92 Å². The molecule has 1 aromatic rings. The molecule has 1 aromatic carbocycles. The molecule has 0 saturated carbocycles. The Morgan fingerprint density at radius 3 is 2.31 bits per heavy atom. The van der Waals surface area contributed by atoms with E-state index in [-0.39, 0.29) is 18.4 Å². The van der Waals surface area contributed by atoms with Gasteiger partial charge in [-0.3, -0.25) is 0 Å². The summed E-state index contributed by atoms with van der Waals surface area (Å²) in [6, 6.07) is 2.86. The van der Waals surface area contributed by atoms with E-state index in [4.69, 9.17) is 10.5 Å². The van der Waals surface area contributed by atoms with Crippen LogP contribution in [0.25, 0.3) is 0 Å². The van der Waals surface area contributed by atoms with Gasteiger partial charge in [0, 0.05) is 24.2 Å². The van der Waals surface area contributed by atoms with E-state index in [9.17, 15) is 8.78 Å². The molecule has 0 spiro atoms. The number of halogens is 2. The van der Waals surface area contributed by atoms with Gasteiger partial charge in [-0.1, -0.05) is 0 Å². The Balaban J connectivity index is 2.66. The number of hydrogen-bond donors (Lipinski definition) is 1. The summed E-state index contributed by atoms with van der Waals surface area (Å²) in [4.78, 5) is 0. The first-order valence-electron chi connectivity index (χ1n) is 3.92. The van der Waals surface area contributed by atoms with Gasteiger partial charge in [0.05, 0.1) is 0 Å². The highest BCUT2D eigenvalue weighted by Gasteiger charge is 2.02. The zero-order valence-electron chi connectivity index (χ0n) is 7.26. The van der Waals surface area contributed by atoms with Gasteiger partial charge in [-0.25, -0.2) is 8.78 Å². The van der Waals surface area contributed by atoms with Crippen LogP contribution >= 0.6 is 0 Å². The van der Waals surface area contributed by atoms with Crippen LogP contribution in [0.2, 0.25) is 0 Å². The lowest BCUT2D eigenvalue weighted by Crippen LogP contribution is -2.23. The number of hydrogen-bond acceptors (Lipinski definition) is 2. The first-order chi connectivity index (χ1) is 6.08. The number of rotatable bonds is 3. The fourth-order valence-electron chi connectivity index (χ4n) is 0.840. The van der Waals surface area contributed by atoms with E-state index in [1.165, 1.54) is 0 Å². The van der Waals surface area contributed by atoms with Crippen molar-refractivity contribution in [2.24, 2.45) is 5.73 Å². The number of nitrogens with two attached hydrogens (primary N) is 1. The topological polar surface area (TPSA) is 35.2 Å². The summed E-state index contributed by atoms with van der Waals surface area (Å²) in [6.45, 7) is 1.98. The van der Waals surface area contributed by atoms with Crippen molar-refractivity contribution in [3.63, 3.8) is 0 Å². The standard InChI is InChI=1S/C9H11F2NO/c1-6(12)5-13-9-3-7(10)2-8(11)4-9/h2-4,6H,5,12H2,1H3. The summed E-state index contributed by atoms with van der Waals surface area (Å²) in [5.41, 5.74) is 5.40. The van der Waals surface area contributed by atoms with E-state index in [0.717, 1.165) is 18.2 Å². The average molecular weight is 187 g/mol. The molecule has 1 unspecified atom stereocenters. The predicted octanol–water partition coefficient (Wildman–Crippen LogP) is 1.69. The van der Waals surface area contributed by atoms with Gasteiger partial charge in [0.2, 0.25) is 0 Å². The molecule has 72 valence electrons. The van der Waals surface area contributed by atoms with Crippen molar-refractivity contribution in [2.45, 2.75) is 13.0 Å². The van der Waals surface area contributed by atoms with Crippen LogP contribution in [0.5, 0.6) is 5.75 Å². The predicted molar refractivity (Wildman–Crippen MR) is 45.5 cm³/mol. The van der Waals surface area contributed by atoms with E-state index in [2.05, 4.69) is 0 Å². The third-order valence-electron chi connectivity index (χ3n) is 1.35. The summed E-state index contributed by atoms with van der Waals surface area (Å²) in [5.74, 6) is -1.14. The Morgan fingerprint density at radius 2 is 1.85 bits per heavy atom. The van der Waals surface area contributed by atoms with Crippen molar-refractivity contribution in [2.75, 3.05) is 6.61 Å². The first kappa shape index (κ1) is 9.92. The third kappa shape index (κ3) is 3.38.